The summed E-state index contributed by atoms with van der Waals surface area (Å²) < 4.78 is 40.5. The number of carbonyl (C=O) groups excluding carboxylic acids is 3. The number of aliphatic carboxylic acids is 1. The van der Waals surface area contributed by atoms with E-state index in [9.17, 15) is 27.9 Å². The van der Waals surface area contributed by atoms with Gasteiger partial charge in [0.2, 0.25) is 21.8 Å². The third-order valence-corrected chi connectivity index (χ3v) is 15.6. The maximum absolute atomic E-state index is 15.0. The Hall–Kier alpha value is -5.53. The molecule has 3 fully saturated rings. The number of carbonyl (C=O) groups is 4. The molecule has 2 aromatic heterocycles. The van der Waals surface area contributed by atoms with E-state index in [4.69, 9.17) is 19.4 Å². The first kappa shape index (κ1) is 49.4. The highest BCUT2D eigenvalue weighted by atomic mass is 32.2. The molecule has 2 aliphatic heterocycles. The highest BCUT2D eigenvalue weighted by Gasteiger charge is 2.62. The molecule has 2 aromatic carbocycles. The van der Waals surface area contributed by atoms with E-state index in [1.807, 2.05) is 46.1 Å². The van der Waals surface area contributed by atoms with Crippen LogP contribution in [0.3, 0.4) is 0 Å². The molecule has 3 aliphatic rings. The van der Waals surface area contributed by atoms with Crippen LogP contribution in [0.25, 0.3) is 22.3 Å². The average molecular weight is 961 g/mol. The van der Waals surface area contributed by atoms with E-state index < -0.39 is 69.0 Å². The lowest BCUT2D eigenvalue weighted by molar-refractivity contribution is -0.145. The van der Waals surface area contributed by atoms with Crippen LogP contribution >= 0.6 is 11.3 Å². The number of carboxylic acid groups (broad SMARTS) is 1. The number of hydrogen-bond acceptors (Lipinski definition) is 12. The van der Waals surface area contributed by atoms with Crippen LogP contribution in [0.2, 0.25) is 0 Å². The smallest absolute Gasteiger partial charge is 0.329 e. The molecule has 4 amide bonds. The number of carboxylic acids is 1. The summed E-state index contributed by atoms with van der Waals surface area (Å²) in [6.45, 7) is 9.63. The van der Waals surface area contributed by atoms with Crippen molar-refractivity contribution in [3.05, 3.63) is 60.0 Å². The van der Waals surface area contributed by atoms with E-state index >= 15 is 4.79 Å². The van der Waals surface area contributed by atoms with Gasteiger partial charge in [0.05, 0.1) is 29.8 Å². The van der Waals surface area contributed by atoms with Crippen LogP contribution in [0.1, 0.15) is 92.4 Å². The standard InChI is InChI=1S/C48H64N8O9S2/c1-29(2)49-46-52-38(28-66-46)37-24-40(34-21-20-31(64-7)22-36(34)50-37)65-32-23-39-42(57)54-48(44(59)60)25-30(48)16-12-9-8-10-15-19-35(43(58)56(39)26-32)51-45(61)53-41(47(3,4)5)27-55(6)67(62,63)33-17-13-11-14-18-33/h11,13-14,17-18,20-22,24,28-30,32,35,39,41H,8-10,12,15-16,19,23,25-27H2,1-7H3,(H,49,52)(H,54,57)(H,59,60)(H2,51,53,61)/t30?,32-,35+,39+,41-,48-/m1/s1. The number of nitrogens with zero attached hydrogens (tertiary/aromatic N) is 4. The molecule has 6 atom stereocenters. The van der Waals surface area contributed by atoms with Gasteiger partial charge >= 0.3 is 12.0 Å². The fraction of sp³-hybridized carbons (Fsp3) is 0.542. The Kier molecular flexibility index (Phi) is 15.0. The number of aromatic nitrogens is 2. The van der Waals surface area contributed by atoms with Crippen LogP contribution < -0.4 is 30.7 Å². The lowest BCUT2D eigenvalue weighted by Crippen LogP contribution is -2.59. The minimum atomic E-state index is -3.89. The molecule has 4 aromatic rings. The number of rotatable bonds is 13. The van der Waals surface area contributed by atoms with Gasteiger partial charge in [-0.25, -0.2) is 28.0 Å². The normalized spacial score (nSPS) is 23.3. The number of nitrogens with one attached hydrogen (secondary N) is 4. The molecule has 5 N–H and O–H groups in total. The third kappa shape index (κ3) is 11.4. The Bertz CT molecular complexity index is 2550. The van der Waals surface area contributed by atoms with Crippen LogP contribution in [-0.2, 0) is 24.4 Å². The molecule has 1 saturated carbocycles. The molecule has 1 aliphatic carbocycles. The van der Waals surface area contributed by atoms with E-state index in [0.29, 0.717) is 53.1 Å². The number of sulfonamides is 1. The topological polar surface area (TPSA) is 221 Å². The number of hydrogen-bond donors (Lipinski definition) is 5. The average Bonchev–Trinajstić information content (AvgIpc) is 3.54. The van der Waals surface area contributed by atoms with Crippen molar-refractivity contribution in [1.82, 2.24) is 35.1 Å². The van der Waals surface area contributed by atoms with Gasteiger partial charge in [0, 0.05) is 55.0 Å². The van der Waals surface area contributed by atoms with Gasteiger partial charge in [0.15, 0.2) is 5.13 Å². The Balaban J connectivity index is 1.18. The van der Waals surface area contributed by atoms with Crippen molar-refractivity contribution in [2.75, 3.05) is 32.6 Å². The fourth-order valence-electron chi connectivity index (χ4n) is 8.99. The van der Waals surface area contributed by atoms with Crippen molar-refractivity contribution in [3.8, 4) is 22.9 Å². The van der Waals surface area contributed by atoms with Crippen molar-refractivity contribution in [2.45, 2.75) is 133 Å². The van der Waals surface area contributed by atoms with Gasteiger partial charge in [-0.05, 0) is 68.7 Å². The van der Waals surface area contributed by atoms with Gasteiger partial charge in [0.1, 0.15) is 40.9 Å². The SMILES string of the molecule is COc1ccc2c(O[C@@H]3C[C@H]4C(=O)N[C@]5(C(=O)O)CC5CCCCCCC[C@H](NC(=O)N[C@H](CN(C)S(=O)(=O)c5ccccc5)C(C)(C)C)C(=O)N4C3)cc(-c3csc(NC(C)C)n3)nc2c1. The molecular formula is C48H64N8O9S2. The number of benzene rings is 2. The van der Waals surface area contributed by atoms with E-state index in [0.717, 1.165) is 30.8 Å². The van der Waals surface area contributed by atoms with Crippen LogP contribution in [0.4, 0.5) is 9.93 Å². The number of likely N-dealkylation sites (N-methyl/N-ethyl adjacent to an activating group) is 1. The molecule has 0 radical (unpaired) electrons. The largest absolute Gasteiger partial charge is 0.497 e. The van der Waals surface area contributed by atoms with Crippen molar-refractivity contribution in [1.29, 1.82) is 0 Å². The molecule has 0 bridgehead atoms. The predicted octanol–water partition coefficient (Wildman–Crippen LogP) is 6.64. The molecule has 19 heteroatoms. The molecule has 7 rings (SSSR count). The van der Waals surface area contributed by atoms with Crippen molar-refractivity contribution < 1.29 is 42.2 Å². The molecule has 67 heavy (non-hydrogen) atoms. The van der Waals surface area contributed by atoms with E-state index in [2.05, 4.69) is 21.3 Å². The fourth-order valence-corrected chi connectivity index (χ4v) is 11.0. The predicted molar refractivity (Wildman–Crippen MR) is 257 cm³/mol. The highest BCUT2D eigenvalue weighted by molar-refractivity contribution is 7.89. The quantitative estimate of drug-likeness (QED) is 0.0952. The number of methoxy groups -OCH3 is 1. The molecule has 0 spiro atoms. The zero-order valence-corrected chi connectivity index (χ0v) is 41.0. The van der Waals surface area contributed by atoms with Crippen LogP contribution in [0, 0.1) is 11.3 Å². The number of fused-ring (bicyclic) bond motifs is 3. The first-order valence-electron chi connectivity index (χ1n) is 23.1. The van der Waals surface area contributed by atoms with Gasteiger partial charge in [-0.2, -0.15) is 4.31 Å². The first-order valence-corrected chi connectivity index (χ1v) is 25.4. The Morgan fingerprint density at radius 2 is 1.73 bits per heavy atom. The number of ether oxygens (including phenoxy) is 2. The van der Waals surface area contributed by atoms with Crippen LogP contribution in [-0.4, -0.2) is 120 Å². The third-order valence-electron chi connectivity index (χ3n) is 13.0. The van der Waals surface area contributed by atoms with E-state index in [-0.39, 0.29) is 42.8 Å². The first-order chi connectivity index (χ1) is 31.8. The minimum absolute atomic E-state index is 0.0402. The number of thiazole rings is 1. The number of anilines is 1. The zero-order chi connectivity index (χ0) is 48.3. The summed E-state index contributed by atoms with van der Waals surface area (Å²) in [6.07, 6.45) is 4.44. The monoisotopic (exact) mass is 960 g/mol. The summed E-state index contributed by atoms with van der Waals surface area (Å²) in [7, 11) is -0.853. The summed E-state index contributed by atoms with van der Waals surface area (Å²) in [5, 5.41) is 25.8. The second-order valence-corrected chi connectivity index (χ2v) is 22.3. The maximum Gasteiger partial charge on any atom is 0.329 e. The number of pyridine rings is 1. The molecule has 4 heterocycles. The highest BCUT2D eigenvalue weighted by Crippen LogP contribution is 2.48. The Labute approximate surface area is 396 Å². The van der Waals surface area contributed by atoms with Crippen molar-refractivity contribution in [2.24, 2.45) is 11.3 Å². The number of urea groups is 1. The van der Waals surface area contributed by atoms with E-state index in [1.165, 1.54) is 39.7 Å². The van der Waals surface area contributed by atoms with Gasteiger partial charge in [-0.1, -0.05) is 71.1 Å². The summed E-state index contributed by atoms with van der Waals surface area (Å²) in [5.41, 5.74) is -0.295. The van der Waals surface area contributed by atoms with Gasteiger partial charge < -0.3 is 40.7 Å². The lowest BCUT2D eigenvalue weighted by atomic mass is 9.87. The molecule has 362 valence electrons. The lowest BCUT2D eigenvalue weighted by Gasteiger charge is -2.35. The van der Waals surface area contributed by atoms with Crippen molar-refractivity contribution >= 4 is 61.2 Å². The zero-order valence-electron chi connectivity index (χ0n) is 39.3. The number of amides is 4. The Morgan fingerprint density at radius 1 is 1.01 bits per heavy atom. The van der Waals surface area contributed by atoms with Crippen LogP contribution in [0.5, 0.6) is 11.5 Å². The summed E-state index contributed by atoms with van der Waals surface area (Å²) in [5.74, 6) is -1.42. The Morgan fingerprint density at radius 3 is 2.42 bits per heavy atom. The maximum atomic E-state index is 15.0. The summed E-state index contributed by atoms with van der Waals surface area (Å²) in [6, 6.07) is 11.9. The molecule has 17 nitrogen and oxygen atoms in total. The molecular weight excluding hydrogens is 897 g/mol. The second-order valence-electron chi connectivity index (χ2n) is 19.4. The van der Waals surface area contributed by atoms with Gasteiger partial charge in [0.25, 0.3) is 0 Å². The molecule has 1 unspecified atom stereocenters. The minimum Gasteiger partial charge on any atom is -0.497 e. The van der Waals surface area contributed by atoms with Crippen molar-refractivity contribution in [3.63, 3.8) is 0 Å². The van der Waals surface area contributed by atoms with Crippen LogP contribution in [0.15, 0.2) is 64.9 Å². The summed E-state index contributed by atoms with van der Waals surface area (Å²) >= 11 is 1.45. The second kappa shape index (κ2) is 20.4. The van der Waals surface area contributed by atoms with E-state index in [1.54, 1.807) is 43.5 Å². The summed E-state index contributed by atoms with van der Waals surface area (Å²) in [4.78, 5) is 67.6. The van der Waals surface area contributed by atoms with Gasteiger partial charge in [-0.15, -0.1) is 11.3 Å². The molecule has 2 saturated heterocycles. The van der Waals surface area contributed by atoms with Gasteiger partial charge in [-0.3, -0.25) is 9.59 Å².